The quantitative estimate of drug-likeness (QED) is 0.832. The maximum atomic E-state index is 11.0. The van der Waals surface area contributed by atoms with Crippen molar-refractivity contribution in [3.8, 4) is 0 Å². The first-order valence-electron chi connectivity index (χ1n) is 7.30. The normalized spacial score (nSPS) is 33.2. The van der Waals surface area contributed by atoms with Crippen LogP contribution in [0.3, 0.4) is 0 Å². The van der Waals surface area contributed by atoms with Crippen LogP contribution in [0.25, 0.3) is 0 Å². The van der Waals surface area contributed by atoms with E-state index in [1.54, 1.807) is 6.92 Å². The third-order valence-electron chi connectivity index (χ3n) is 4.79. The topological polar surface area (TPSA) is 43.8 Å². The van der Waals surface area contributed by atoms with Crippen LogP contribution in [0.5, 0.6) is 0 Å². The van der Waals surface area contributed by atoms with Crippen molar-refractivity contribution in [3.05, 3.63) is 0 Å². The number of piperazine rings is 1. The molecule has 2 aliphatic rings. The molecule has 0 bridgehead atoms. The average molecular weight is 254 g/mol. The molecule has 0 aromatic heterocycles. The molecule has 1 aliphatic heterocycles. The molecule has 18 heavy (non-hydrogen) atoms. The van der Waals surface area contributed by atoms with E-state index in [4.69, 9.17) is 5.11 Å². The molecule has 4 nitrogen and oxygen atoms in total. The SMILES string of the molecule is CC1CCCCC1N1CCN(C(C)C(=O)O)CC1. The second-order valence-corrected chi connectivity index (χ2v) is 5.92. The molecule has 0 amide bonds. The zero-order chi connectivity index (χ0) is 13.1. The first kappa shape index (κ1) is 13.8. The van der Waals surface area contributed by atoms with Crippen LogP contribution in [0.4, 0.5) is 0 Å². The number of hydrogen-bond acceptors (Lipinski definition) is 3. The lowest BCUT2D eigenvalue weighted by molar-refractivity contribution is -0.143. The van der Waals surface area contributed by atoms with Crippen molar-refractivity contribution in [1.82, 2.24) is 9.80 Å². The fraction of sp³-hybridized carbons (Fsp3) is 0.929. The fourth-order valence-corrected chi connectivity index (χ4v) is 3.45. The van der Waals surface area contributed by atoms with E-state index in [0.29, 0.717) is 0 Å². The molecule has 4 heteroatoms. The highest BCUT2D eigenvalue weighted by molar-refractivity contribution is 5.72. The van der Waals surface area contributed by atoms with Crippen molar-refractivity contribution < 1.29 is 9.90 Å². The minimum Gasteiger partial charge on any atom is -0.480 e. The monoisotopic (exact) mass is 254 g/mol. The Kier molecular flexibility index (Phi) is 4.62. The molecule has 2 rings (SSSR count). The van der Waals surface area contributed by atoms with Gasteiger partial charge in [0, 0.05) is 32.2 Å². The van der Waals surface area contributed by atoms with Crippen molar-refractivity contribution in [2.24, 2.45) is 5.92 Å². The second kappa shape index (κ2) is 6.02. The zero-order valence-electron chi connectivity index (χ0n) is 11.6. The van der Waals surface area contributed by atoms with Crippen LogP contribution in [0.2, 0.25) is 0 Å². The van der Waals surface area contributed by atoms with Gasteiger partial charge < -0.3 is 5.11 Å². The maximum absolute atomic E-state index is 11.0. The van der Waals surface area contributed by atoms with E-state index < -0.39 is 5.97 Å². The molecule has 0 spiro atoms. The molecule has 1 heterocycles. The summed E-state index contributed by atoms with van der Waals surface area (Å²) >= 11 is 0. The predicted molar refractivity (Wildman–Crippen MR) is 71.7 cm³/mol. The summed E-state index contributed by atoms with van der Waals surface area (Å²) in [5.41, 5.74) is 0. The summed E-state index contributed by atoms with van der Waals surface area (Å²) in [6.45, 7) is 8.03. The Morgan fingerprint density at radius 2 is 1.78 bits per heavy atom. The van der Waals surface area contributed by atoms with E-state index >= 15 is 0 Å². The van der Waals surface area contributed by atoms with Crippen LogP contribution >= 0.6 is 0 Å². The Morgan fingerprint density at radius 1 is 1.17 bits per heavy atom. The van der Waals surface area contributed by atoms with Crippen LogP contribution in [-0.2, 0) is 4.79 Å². The number of nitrogens with zero attached hydrogens (tertiary/aromatic N) is 2. The largest absolute Gasteiger partial charge is 0.480 e. The van der Waals surface area contributed by atoms with E-state index in [-0.39, 0.29) is 6.04 Å². The lowest BCUT2D eigenvalue weighted by atomic mass is 9.84. The summed E-state index contributed by atoms with van der Waals surface area (Å²) in [6.07, 6.45) is 5.43. The Balaban J connectivity index is 1.84. The summed E-state index contributed by atoms with van der Waals surface area (Å²) in [5.74, 6) is 0.108. The van der Waals surface area contributed by atoms with E-state index in [0.717, 1.165) is 38.1 Å². The molecule has 1 aliphatic carbocycles. The number of aliphatic carboxylic acids is 1. The summed E-state index contributed by atoms with van der Waals surface area (Å²) in [7, 11) is 0. The molecule has 2 fully saturated rings. The highest BCUT2D eigenvalue weighted by Crippen LogP contribution is 2.28. The second-order valence-electron chi connectivity index (χ2n) is 5.92. The molecule has 1 saturated heterocycles. The lowest BCUT2D eigenvalue weighted by Crippen LogP contribution is -2.55. The van der Waals surface area contributed by atoms with Gasteiger partial charge in [-0.1, -0.05) is 19.8 Å². The van der Waals surface area contributed by atoms with Gasteiger partial charge in [0.05, 0.1) is 0 Å². The van der Waals surface area contributed by atoms with Crippen LogP contribution in [0, 0.1) is 5.92 Å². The van der Waals surface area contributed by atoms with Crippen LogP contribution in [-0.4, -0.2) is 59.1 Å². The van der Waals surface area contributed by atoms with Gasteiger partial charge in [-0.2, -0.15) is 0 Å². The van der Waals surface area contributed by atoms with E-state index in [2.05, 4.69) is 16.7 Å². The van der Waals surface area contributed by atoms with Crippen molar-refractivity contribution in [3.63, 3.8) is 0 Å². The lowest BCUT2D eigenvalue weighted by Gasteiger charge is -2.44. The third kappa shape index (κ3) is 3.04. The number of hydrogen-bond donors (Lipinski definition) is 1. The van der Waals surface area contributed by atoms with Gasteiger partial charge in [0.25, 0.3) is 0 Å². The Morgan fingerprint density at radius 3 is 2.33 bits per heavy atom. The Hall–Kier alpha value is -0.610. The van der Waals surface area contributed by atoms with Gasteiger partial charge in [0.15, 0.2) is 0 Å². The van der Waals surface area contributed by atoms with Crippen LogP contribution in [0.15, 0.2) is 0 Å². The van der Waals surface area contributed by atoms with E-state index in [9.17, 15) is 4.79 Å². The van der Waals surface area contributed by atoms with Gasteiger partial charge in [-0.25, -0.2) is 0 Å². The molecule has 104 valence electrons. The molecular weight excluding hydrogens is 228 g/mol. The third-order valence-corrected chi connectivity index (χ3v) is 4.79. The molecule has 1 saturated carbocycles. The number of rotatable bonds is 3. The van der Waals surface area contributed by atoms with E-state index in [1.165, 1.54) is 25.7 Å². The van der Waals surface area contributed by atoms with Crippen molar-refractivity contribution >= 4 is 5.97 Å². The number of carboxylic acids is 1. The minimum atomic E-state index is -0.700. The molecule has 0 aromatic rings. The van der Waals surface area contributed by atoms with Gasteiger partial charge in [-0.3, -0.25) is 14.6 Å². The Bertz CT molecular complexity index is 288. The van der Waals surface area contributed by atoms with Gasteiger partial charge in [-0.05, 0) is 25.7 Å². The molecular formula is C14H26N2O2. The first-order valence-corrected chi connectivity index (χ1v) is 7.30. The maximum Gasteiger partial charge on any atom is 0.320 e. The number of carboxylic acid groups (broad SMARTS) is 1. The molecule has 0 radical (unpaired) electrons. The van der Waals surface area contributed by atoms with E-state index in [1.807, 2.05) is 0 Å². The smallest absolute Gasteiger partial charge is 0.320 e. The minimum absolute atomic E-state index is 0.337. The van der Waals surface area contributed by atoms with Crippen molar-refractivity contribution in [2.75, 3.05) is 26.2 Å². The molecule has 1 N–H and O–H groups in total. The molecule has 0 aromatic carbocycles. The molecule has 3 atom stereocenters. The highest BCUT2D eigenvalue weighted by atomic mass is 16.4. The first-order chi connectivity index (χ1) is 8.59. The summed E-state index contributed by atoms with van der Waals surface area (Å²) in [5, 5.41) is 9.04. The van der Waals surface area contributed by atoms with Crippen molar-refractivity contribution in [2.45, 2.75) is 51.6 Å². The zero-order valence-corrected chi connectivity index (χ0v) is 11.6. The van der Waals surface area contributed by atoms with Gasteiger partial charge in [0.1, 0.15) is 6.04 Å². The summed E-state index contributed by atoms with van der Waals surface area (Å²) in [6, 6.07) is 0.400. The van der Waals surface area contributed by atoms with Gasteiger partial charge in [0.2, 0.25) is 0 Å². The van der Waals surface area contributed by atoms with Gasteiger partial charge >= 0.3 is 5.97 Å². The van der Waals surface area contributed by atoms with Crippen LogP contribution in [0.1, 0.15) is 39.5 Å². The number of carbonyl (C=O) groups is 1. The predicted octanol–water partition coefficient (Wildman–Crippen LogP) is 1.66. The summed E-state index contributed by atoms with van der Waals surface area (Å²) < 4.78 is 0. The highest BCUT2D eigenvalue weighted by Gasteiger charge is 2.31. The fourth-order valence-electron chi connectivity index (χ4n) is 3.45. The van der Waals surface area contributed by atoms with Crippen molar-refractivity contribution in [1.29, 1.82) is 0 Å². The van der Waals surface area contributed by atoms with Crippen LogP contribution < -0.4 is 0 Å². The van der Waals surface area contributed by atoms with Gasteiger partial charge in [-0.15, -0.1) is 0 Å². The standard InChI is InChI=1S/C14H26N2O2/c1-11-5-3-4-6-13(11)16-9-7-15(8-10-16)12(2)14(17)18/h11-13H,3-10H2,1-2H3,(H,17,18). The Labute approximate surface area is 110 Å². The summed E-state index contributed by atoms with van der Waals surface area (Å²) in [4.78, 5) is 15.7. The molecule has 3 unspecified atom stereocenters. The average Bonchev–Trinajstić information content (AvgIpc) is 2.38.